The number of carbonyl (C=O) groups excluding carboxylic acids is 1. The molecule has 0 aliphatic rings. The minimum absolute atomic E-state index is 0.0962. The van der Waals surface area contributed by atoms with Gasteiger partial charge in [-0.3, -0.25) is 19.6 Å². The maximum atomic E-state index is 12.6. The number of nitrogens with zero attached hydrogens (tertiary/aromatic N) is 4. The molecule has 10 nitrogen and oxygen atoms in total. The second kappa shape index (κ2) is 10.8. The number of ether oxygens (including phenoxy) is 2. The average molecular weight is 480 g/mol. The number of aromatic nitrogens is 2. The Morgan fingerprint density at radius 3 is 2.46 bits per heavy atom. The number of hydrazone groups is 1. The topological polar surface area (TPSA) is 121 Å². The van der Waals surface area contributed by atoms with E-state index in [4.69, 9.17) is 9.47 Å². The summed E-state index contributed by atoms with van der Waals surface area (Å²) in [4.78, 5) is 23.4. The second-order valence-electron chi connectivity index (χ2n) is 8.21. The van der Waals surface area contributed by atoms with E-state index in [0.717, 1.165) is 11.1 Å². The van der Waals surface area contributed by atoms with Crippen LogP contribution in [0.25, 0.3) is 0 Å². The molecule has 1 aromatic heterocycles. The number of benzene rings is 2. The van der Waals surface area contributed by atoms with Crippen molar-refractivity contribution < 1.29 is 19.2 Å². The standard InChI is InChI=1S/C25H29N5O5/c1-15-7-9-20(10-8-15)14-35-22-12-11-21(13-23(22)34-6)16(2)26-27-25(31)19(5)29-18(4)24(30(32)33)17(3)28-29/h7-13,19H,14H2,1-6H3,(H,27,31). The zero-order valence-electron chi connectivity index (χ0n) is 20.7. The Hall–Kier alpha value is -4.21. The number of amides is 1. The molecule has 3 aromatic rings. The highest BCUT2D eigenvalue weighted by atomic mass is 16.6. The Labute approximate surface area is 203 Å². The lowest BCUT2D eigenvalue weighted by Crippen LogP contribution is -2.29. The molecule has 1 unspecified atom stereocenters. The average Bonchev–Trinajstić information content (AvgIpc) is 3.15. The predicted molar refractivity (Wildman–Crippen MR) is 132 cm³/mol. The molecule has 0 bridgehead atoms. The van der Waals surface area contributed by atoms with E-state index in [1.807, 2.05) is 37.3 Å². The molecule has 184 valence electrons. The van der Waals surface area contributed by atoms with Gasteiger partial charge in [-0.05, 0) is 58.4 Å². The van der Waals surface area contributed by atoms with Crippen molar-refractivity contribution in [1.82, 2.24) is 15.2 Å². The molecule has 1 amide bonds. The predicted octanol–water partition coefficient (Wildman–Crippen LogP) is 4.41. The summed E-state index contributed by atoms with van der Waals surface area (Å²) in [5.74, 6) is 0.682. The summed E-state index contributed by atoms with van der Waals surface area (Å²) >= 11 is 0. The van der Waals surface area contributed by atoms with E-state index in [-0.39, 0.29) is 11.4 Å². The van der Waals surface area contributed by atoms with E-state index in [1.165, 1.54) is 17.2 Å². The van der Waals surface area contributed by atoms with Gasteiger partial charge in [-0.1, -0.05) is 29.8 Å². The quantitative estimate of drug-likeness (QED) is 0.276. The minimum Gasteiger partial charge on any atom is -0.493 e. The first-order valence-electron chi connectivity index (χ1n) is 11.0. The Morgan fingerprint density at radius 1 is 1.17 bits per heavy atom. The molecular weight excluding hydrogens is 450 g/mol. The van der Waals surface area contributed by atoms with Crippen molar-refractivity contribution >= 4 is 17.3 Å². The van der Waals surface area contributed by atoms with Crippen molar-refractivity contribution in [2.75, 3.05) is 7.11 Å². The molecule has 2 aromatic carbocycles. The van der Waals surface area contributed by atoms with Crippen LogP contribution in [-0.2, 0) is 11.4 Å². The monoisotopic (exact) mass is 479 g/mol. The van der Waals surface area contributed by atoms with Crippen LogP contribution in [0, 0.1) is 30.9 Å². The molecule has 0 radical (unpaired) electrons. The van der Waals surface area contributed by atoms with Crippen LogP contribution >= 0.6 is 0 Å². The van der Waals surface area contributed by atoms with Crippen LogP contribution in [0.4, 0.5) is 5.69 Å². The Morgan fingerprint density at radius 2 is 1.86 bits per heavy atom. The van der Waals surface area contributed by atoms with E-state index in [2.05, 4.69) is 15.6 Å². The third-order valence-electron chi connectivity index (χ3n) is 5.65. The molecule has 0 aliphatic carbocycles. The highest BCUT2D eigenvalue weighted by molar-refractivity contribution is 5.99. The molecule has 35 heavy (non-hydrogen) atoms. The van der Waals surface area contributed by atoms with E-state index in [9.17, 15) is 14.9 Å². The van der Waals surface area contributed by atoms with E-state index in [0.29, 0.717) is 29.5 Å². The number of nitrogens with one attached hydrogen (secondary N) is 1. The molecule has 0 saturated carbocycles. The summed E-state index contributed by atoms with van der Waals surface area (Å²) in [6.45, 7) is 8.89. The van der Waals surface area contributed by atoms with Gasteiger partial charge >= 0.3 is 5.69 Å². The maximum Gasteiger partial charge on any atom is 0.312 e. The third-order valence-corrected chi connectivity index (χ3v) is 5.65. The van der Waals surface area contributed by atoms with Gasteiger partial charge in [-0.25, -0.2) is 5.43 Å². The molecule has 0 saturated heterocycles. The zero-order valence-corrected chi connectivity index (χ0v) is 20.7. The normalized spacial score (nSPS) is 12.2. The molecule has 10 heteroatoms. The van der Waals surface area contributed by atoms with Crippen LogP contribution in [-0.4, -0.2) is 33.4 Å². The first kappa shape index (κ1) is 25.4. The fourth-order valence-corrected chi connectivity index (χ4v) is 3.56. The summed E-state index contributed by atoms with van der Waals surface area (Å²) in [5, 5.41) is 19.6. The Bertz CT molecular complexity index is 1260. The number of methoxy groups -OCH3 is 1. The van der Waals surface area contributed by atoms with E-state index >= 15 is 0 Å². The molecule has 0 fully saturated rings. The first-order valence-corrected chi connectivity index (χ1v) is 11.0. The SMILES string of the molecule is COc1cc(C(C)=NNC(=O)C(C)n2nc(C)c([N+](=O)[O-])c2C)ccc1OCc1ccc(C)cc1. The summed E-state index contributed by atoms with van der Waals surface area (Å²) in [5.41, 5.74) is 6.49. The van der Waals surface area contributed by atoms with Crippen LogP contribution in [0.15, 0.2) is 47.6 Å². The number of hydrogen-bond acceptors (Lipinski definition) is 7. The number of nitro groups is 1. The third kappa shape index (κ3) is 5.84. The smallest absolute Gasteiger partial charge is 0.312 e. The van der Waals surface area contributed by atoms with Crippen molar-refractivity contribution in [2.45, 2.75) is 47.3 Å². The van der Waals surface area contributed by atoms with Gasteiger partial charge in [0, 0.05) is 5.56 Å². The summed E-state index contributed by atoms with van der Waals surface area (Å²) in [6, 6.07) is 12.7. The molecule has 0 spiro atoms. The van der Waals surface area contributed by atoms with Gasteiger partial charge in [-0.15, -0.1) is 0 Å². The van der Waals surface area contributed by atoms with Crippen LogP contribution in [0.2, 0.25) is 0 Å². The van der Waals surface area contributed by atoms with Gasteiger partial charge in [0.2, 0.25) is 0 Å². The molecule has 1 atom stereocenters. The maximum absolute atomic E-state index is 12.6. The van der Waals surface area contributed by atoms with Crippen LogP contribution < -0.4 is 14.9 Å². The largest absolute Gasteiger partial charge is 0.493 e. The molecule has 1 N–H and O–H groups in total. The molecular formula is C25H29N5O5. The number of aryl methyl sites for hydroxylation is 2. The van der Waals surface area contributed by atoms with Gasteiger partial charge in [0.05, 0.1) is 17.7 Å². The number of carbonyl (C=O) groups is 1. The second-order valence-corrected chi connectivity index (χ2v) is 8.21. The fraction of sp³-hybridized carbons (Fsp3) is 0.320. The zero-order chi connectivity index (χ0) is 25.7. The lowest BCUT2D eigenvalue weighted by molar-refractivity contribution is -0.386. The fourth-order valence-electron chi connectivity index (χ4n) is 3.56. The number of rotatable bonds is 9. The number of hydrogen-bond donors (Lipinski definition) is 1. The van der Waals surface area contributed by atoms with Crippen molar-refractivity contribution in [3.8, 4) is 11.5 Å². The van der Waals surface area contributed by atoms with Crippen molar-refractivity contribution in [2.24, 2.45) is 5.10 Å². The van der Waals surface area contributed by atoms with Crippen LogP contribution in [0.5, 0.6) is 11.5 Å². The Kier molecular flexibility index (Phi) is 7.85. The lowest BCUT2D eigenvalue weighted by Gasteiger charge is -2.14. The van der Waals surface area contributed by atoms with Gasteiger partial charge in [0.1, 0.15) is 24.0 Å². The van der Waals surface area contributed by atoms with Gasteiger partial charge in [-0.2, -0.15) is 10.2 Å². The molecule has 1 heterocycles. The minimum atomic E-state index is -0.786. The van der Waals surface area contributed by atoms with Gasteiger partial charge < -0.3 is 9.47 Å². The van der Waals surface area contributed by atoms with Crippen LogP contribution in [0.3, 0.4) is 0 Å². The van der Waals surface area contributed by atoms with Crippen molar-refractivity contribution in [1.29, 1.82) is 0 Å². The highest BCUT2D eigenvalue weighted by Crippen LogP contribution is 2.29. The van der Waals surface area contributed by atoms with E-state index < -0.39 is 16.9 Å². The van der Waals surface area contributed by atoms with Crippen molar-refractivity contribution in [3.05, 3.63) is 80.7 Å². The van der Waals surface area contributed by atoms with Gasteiger partial charge in [0.15, 0.2) is 11.5 Å². The summed E-state index contributed by atoms with van der Waals surface area (Å²) < 4.78 is 12.7. The summed E-state index contributed by atoms with van der Waals surface area (Å²) in [7, 11) is 1.56. The van der Waals surface area contributed by atoms with Crippen molar-refractivity contribution in [3.63, 3.8) is 0 Å². The van der Waals surface area contributed by atoms with E-state index in [1.54, 1.807) is 40.0 Å². The molecule has 0 aliphatic heterocycles. The lowest BCUT2D eigenvalue weighted by atomic mass is 10.1. The highest BCUT2D eigenvalue weighted by Gasteiger charge is 2.27. The Balaban J connectivity index is 1.69. The van der Waals surface area contributed by atoms with Crippen LogP contribution in [0.1, 0.15) is 48.0 Å². The summed E-state index contributed by atoms with van der Waals surface area (Å²) in [6.07, 6.45) is 0. The molecule has 3 rings (SSSR count). The first-order chi connectivity index (χ1) is 16.6. The van der Waals surface area contributed by atoms with Gasteiger partial charge in [0.25, 0.3) is 5.91 Å².